The van der Waals surface area contributed by atoms with E-state index >= 15 is 0 Å². The predicted octanol–water partition coefficient (Wildman–Crippen LogP) is 2.96. The summed E-state index contributed by atoms with van der Waals surface area (Å²) in [6, 6.07) is 6.45. The summed E-state index contributed by atoms with van der Waals surface area (Å²) in [6.07, 6.45) is 1.25. The summed E-state index contributed by atoms with van der Waals surface area (Å²) in [4.78, 5) is 49.3. The van der Waals surface area contributed by atoms with Gasteiger partial charge in [0.2, 0.25) is 6.79 Å². The summed E-state index contributed by atoms with van der Waals surface area (Å²) >= 11 is 9.38. The molecule has 10 nitrogen and oxygen atoms in total. The monoisotopic (exact) mass is 522 g/mol. The third-order valence-electron chi connectivity index (χ3n) is 4.39. The zero-order chi connectivity index (χ0) is 23.0. The third-order valence-corrected chi connectivity index (χ3v) is 5.26. The number of carboxylic acid groups (broad SMARTS) is 1. The maximum Gasteiger partial charge on any atom is 0.341 e. The van der Waals surface area contributed by atoms with Gasteiger partial charge in [-0.2, -0.15) is 0 Å². The molecule has 164 valence electrons. The number of nitrogens with one attached hydrogen (secondary N) is 1. The Hall–Kier alpha value is -3.57. The van der Waals surface area contributed by atoms with Gasteiger partial charge in [0.25, 0.3) is 11.8 Å². The zero-order valence-corrected chi connectivity index (χ0v) is 18.2. The molecule has 0 atom stereocenters. The Balaban J connectivity index is 1.67. The van der Waals surface area contributed by atoms with Gasteiger partial charge in [-0.3, -0.25) is 14.9 Å². The van der Waals surface area contributed by atoms with Crippen LogP contribution in [0.15, 0.2) is 40.4 Å². The summed E-state index contributed by atoms with van der Waals surface area (Å²) in [5.74, 6) is -2.00. The van der Waals surface area contributed by atoms with E-state index in [0.29, 0.717) is 21.5 Å². The highest BCUT2D eigenvalue weighted by Crippen LogP contribution is 2.37. The first-order valence-electron chi connectivity index (χ1n) is 8.89. The SMILES string of the molecule is O=C(O)COc1c(Cl)cc(/C=C2\C(=O)NC(=O)N(c3ccc4c(c3)OCO4)C2=O)cc1Br. The maximum atomic E-state index is 13.0. The number of hydrogen-bond acceptors (Lipinski definition) is 7. The van der Waals surface area contributed by atoms with Crippen LogP contribution in [0.4, 0.5) is 10.5 Å². The molecule has 12 heteroatoms. The van der Waals surface area contributed by atoms with Gasteiger partial charge >= 0.3 is 12.0 Å². The van der Waals surface area contributed by atoms with E-state index in [0.717, 1.165) is 4.90 Å². The highest BCUT2D eigenvalue weighted by Gasteiger charge is 2.37. The molecule has 2 aromatic carbocycles. The van der Waals surface area contributed by atoms with E-state index in [1.54, 1.807) is 6.07 Å². The van der Waals surface area contributed by atoms with Crippen molar-refractivity contribution in [1.82, 2.24) is 5.32 Å². The van der Waals surface area contributed by atoms with Crippen LogP contribution in [0, 0.1) is 0 Å². The Kier molecular flexibility index (Phi) is 5.76. The van der Waals surface area contributed by atoms with Gasteiger partial charge in [-0.15, -0.1) is 0 Å². The Morgan fingerprint density at radius 1 is 1.22 bits per heavy atom. The molecule has 2 aromatic rings. The number of nitrogens with zero attached hydrogens (tertiary/aromatic N) is 1. The van der Waals surface area contributed by atoms with Crippen molar-refractivity contribution in [3.63, 3.8) is 0 Å². The lowest BCUT2D eigenvalue weighted by atomic mass is 10.1. The topological polar surface area (TPSA) is 131 Å². The number of ether oxygens (including phenoxy) is 3. The molecule has 2 N–H and O–H groups in total. The van der Waals surface area contributed by atoms with Crippen LogP contribution in [0.25, 0.3) is 6.08 Å². The van der Waals surface area contributed by atoms with Crippen LogP contribution >= 0.6 is 27.5 Å². The summed E-state index contributed by atoms with van der Waals surface area (Å²) in [5, 5.41) is 10.9. The average Bonchev–Trinajstić information content (AvgIpc) is 3.18. The van der Waals surface area contributed by atoms with Gasteiger partial charge in [0.1, 0.15) is 5.57 Å². The molecular weight excluding hydrogens is 512 g/mol. The molecule has 0 spiro atoms. The highest BCUT2D eigenvalue weighted by molar-refractivity contribution is 9.10. The smallest absolute Gasteiger partial charge is 0.341 e. The van der Waals surface area contributed by atoms with Gasteiger partial charge < -0.3 is 19.3 Å². The molecule has 2 heterocycles. The number of imide groups is 2. The minimum atomic E-state index is -1.18. The van der Waals surface area contributed by atoms with Crippen LogP contribution in [-0.4, -0.2) is 42.3 Å². The van der Waals surface area contributed by atoms with Crippen LogP contribution in [-0.2, 0) is 14.4 Å². The van der Waals surface area contributed by atoms with Crippen molar-refractivity contribution >= 4 is 63.1 Å². The van der Waals surface area contributed by atoms with E-state index in [1.165, 1.54) is 30.3 Å². The second-order valence-electron chi connectivity index (χ2n) is 6.49. The van der Waals surface area contributed by atoms with E-state index in [-0.39, 0.29) is 28.8 Å². The van der Waals surface area contributed by atoms with Crippen LogP contribution in [0.1, 0.15) is 5.56 Å². The number of halogens is 2. The van der Waals surface area contributed by atoms with Crippen molar-refractivity contribution < 1.29 is 38.5 Å². The average molecular weight is 524 g/mol. The number of anilines is 1. The molecule has 0 aromatic heterocycles. The van der Waals surface area contributed by atoms with Gasteiger partial charge in [-0.1, -0.05) is 11.6 Å². The molecule has 2 aliphatic rings. The van der Waals surface area contributed by atoms with Crippen molar-refractivity contribution in [3.8, 4) is 17.2 Å². The lowest BCUT2D eigenvalue weighted by Crippen LogP contribution is -2.54. The molecule has 0 unspecified atom stereocenters. The fraction of sp³-hybridized carbons (Fsp3) is 0.100. The first-order valence-corrected chi connectivity index (χ1v) is 10.1. The van der Waals surface area contributed by atoms with Crippen molar-refractivity contribution in [2.24, 2.45) is 0 Å². The summed E-state index contributed by atoms with van der Waals surface area (Å²) < 4.78 is 15.9. The second kappa shape index (κ2) is 8.52. The minimum Gasteiger partial charge on any atom is -0.479 e. The Morgan fingerprint density at radius 2 is 1.97 bits per heavy atom. The Bertz CT molecular complexity index is 1190. The number of carbonyl (C=O) groups excluding carboxylic acids is 3. The van der Waals surface area contributed by atoms with E-state index in [2.05, 4.69) is 21.2 Å². The normalized spacial score (nSPS) is 16.4. The molecule has 4 rings (SSSR count). The quantitative estimate of drug-likeness (QED) is 0.452. The fourth-order valence-corrected chi connectivity index (χ4v) is 4.01. The molecule has 1 saturated heterocycles. The number of benzene rings is 2. The lowest BCUT2D eigenvalue weighted by molar-refractivity contribution is -0.139. The molecular formula is C20H12BrClN2O8. The van der Waals surface area contributed by atoms with Gasteiger partial charge in [0.15, 0.2) is 23.9 Å². The number of hydrogen-bond donors (Lipinski definition) is 2. The molecule has 32 heavy (non-hydrogen) atoms. The zero-order valence-electron chi connectivity index (χ0n) is 15.9. The van der Waals surface area contributed by atoms with Crippen molar-refractivity contribution in [1.29, 1.82) is 0 Å². The standard InChI is InChI=1S/C20H12BrClN2O8/c21-12-4-9(5-13(22)17(12)30-7-16(25)26)3-11-18(27)23-20(29)24(19(11)28)10-1-2-14-15(6-10)32-8-31-14/h1-6H,7-8H2,(H,25,26)(H,23,27,29)/b11-3+. The first-order chi connectivity index (χ1) is 15.2. The summed E-state index contributed by atoms with van der Waals surface area (Å²) in [6.45, 7) is -0.587. The largest absolute Gasteiger partial charge is 0.479 e. The Morgan fingerprint density at radius 3 is 2.69 bits per heavy atom. The molecule has 1 fully saturated rings. The maximum absolute atomic E-state index is 13.0. The van der Waals surface area contributed by atoms with Crippen LogP contribution in [0.5, 0.6) is 17.2 Å². The number of amides is 4. The van der Waals surface area contributed by atoms with Crippen molar-refractivity contribution in [2.75, 3.05) is 18.3 Å². The van der Waals surface area contributed by atoms with Gasteiger partial charge in [0, 0.05) is 6.07 Å². The number of carbonyl (C=O) groups is 4. The van der Waals surface area contributed by atoms with Gasteiger partial charge in [-0.25, -0.2) is 14.5 Å². The molecule has 0 saturated carbocycles. The summed E-state index contributed by atoms with van der Waals surface area (Å²) in [7, 11) is 0. The van der Waals surface area contributed by atoms with Crippen LogP contribution < -0.4 is 24.4 Å². The van der Waals surface area contributed by atoms with E-state index in [4.69, 9.17) is 30.9 Å². The minimum absolute atomic E-state index is 0.0182. The third kappa shape index (κ3) is 4.12. The van der Waals surface area contributed by atoms with E-state index in [9.17, 15) is 19.2 Å². The number of carboxylic acids is 1. The van der Waals surface area contributed by atoms with E-state index < -0.39 is 30.4 Å². The van der Waals surface area contributed by atoms with Gasteiger partial charge in [-0.05, 0) is 51.8 Å². The molecule has 2 aliphatic heterocycles. The molecule has 4 amide bonds. The number of aliphatic carboxylic acids is 1. The number of rotatable bonds is 5. The molecule has 0 radical (unpaired) electrons. The molecule has 0 aliphatic carbocycles. The Labute approximate surface area is 193 Å². The predicted molar refractivity (Wildman–Crippen MR) is 114 cm³/mol. The number of barbiturate groups is 1. The lowest BCUT2D eigenvalue weighted by Gasteiger charge is -2.26. The summed E-state index contributed by atoms with van der Waals surface area (Å²) in [5.41, 5.74) is 0.208. The highest BCUT2D eigenvalue weighted by atomic mass is 79.9. The van der Waals surface area contributed by atoms with Crippen molar-refractivity contribution in [2.45, 2.75) is 0 Å². The molecule has 0 bridgehead atoms. The number of fused-ring (bicyclic) bond motifs is 1. The van der Waals surface area contributed by atoms with Crippen LogP contribution in [0.2, 0.25) is 5.02 Å². The van der Waals surface area contributed by atoms with Gasteiger partial charge in [0.05, 0.1) is 15.2 Å². The van der Waals surface area contributed by atoms with E-state index in [1.807, 2.05) is 0 Å². The first kappa shape index (κ1) is 21.7. The second-order valence-corrected chi connectivity index (χ2v) is 7.75. The van der Waals surface area contributed by atoms with Crippen LogP contribution in [0.3, 0.4) is 0 Å². The van der Waals surface area contributed by atoms with Crippen molar-refractivity contribution in [3.05, 3.63) is 51.0 Å². The fourth-order valence-electron chi connectivity index (χ4n) is 3.02. The number of urea groups is 1.